The van der Waals surface area contributed by atoms with E-state index in [2.05, 4.69) is 39.5 Å². The number of hydrogen-bond acceptors (Lipinski definition) is 5. The average Bonchev–Trinajstić information content (AvgIpc) is 3.38. The Balaban J connectivity index is 1.08. The summed E-state index contributed by atoms with van der Waals surface area (Å²) in [7, 11) is -3.23. The minimum Gasteiger partial charge on any atom is -0.352 e. The van der Waals surface area contributed by atoms with E-state index in [0.29, 0.717) is 18.3 Å². The highest BCUT2D eigenvalue weighted by Gasteiger charge is 2.47. The first-order valence-electron chi connectivity index (χ1n) is 11.2. The van der Waals surface area contributed by atoms with Gasteiger partial charge in [0.05, 0.1) is 12.1 Å². The predicted octanol–water partition coefficient (Wildman–Crippen LogP) is 2.31. The largest absolute Gasteiger partial charge is 0.352 e. The average molecular weight is 443 g/mol. The predicted molar refractivity (Wildman–Crippen MR) is 118 cm³/mol. The molecule has 3 fully saturated rings. The second-order valence-electron chi connectivity index (χ2n) is 9.52. The maximum Gasteiger partial charge on any atom is 0.238 e. The van der Waals surface area contributed by atoms with Gasteiger partial charge >= 0.3 is 0 Å². The summed E-state index contributed by atoms with van der Waals surface area (Å²) in [5, 5.41) is 2.20. The second-order valence-corrected chi connectivity index (χ2v) is 11.8. The van der Waals surface area contributed by atoms with Crippen molar-refractivity contribution >= 4 is 15.7 Å². The van der Waals surface area contributed by atoms with E-state index in [1.54, 1.807) is 12.5 Å². The Hall–Kier alpha value is -2.19. The molecular formula is C23H30N4O3S. The van der Waals surface area contributed by atoms with Crippen molar-refractivity contribution in [3.05, 3.63) is 48.5 Å². The summed E-state index contributed by atoms with van der Waals surface area (Å²) >= 11 is 0. The van der Waals surface area contributed by atoms with Gasteiger partial charge in [0.1, 0.15) is 5.25 Å². The topological polar surface area (TPSA) is 84.3 Å². The molecule has 1 spiro atoms. The van der Waals surface area contributed by atoms with Crippen LogP contribution < -0.4 is 5.32 Å². The Morgan fingerprint density at radius 2 is 1.90 bits per heavy atom. The SMILES string of the molecule is O=C(NC1CC2(CCN(Cc3ccc(-n4ccnc4)cc3)CC2)C1)C1CCCS1(=O)=O. The summed E-state index contributed by atoms with van der Waals surface area (Å²) < 4.78 is 26.0. The zero-order valence-electron chi connectivity index (χ0n) is 17.7. The molecule has 31 heavy (non-hydrogen) atoms. The molecular weight excluding hydrogens is 412 g/mol. The van der Waals surface area contributed by atoms with E-state index in [0.717, 1.165) is 51.0 Å². The quantitative estimate of drug-likeness (QED) is 0.768. The molecule has 3 heterocycles. The Bertz CT molecular complexity index is 1020. The normalized spacial score (nSPS) is 25.4. The smallest absolute Gasteiger partial charge is 0.238 e. The third kappa shape index (κ3) is 4.28. The molecule has 166 valence electrons. The molecule has 0 radical (unpaired) electrons. The van der Waals surface area contributed by atoms with Crippen LogP contribution in [0.4, 0.5) is 0 Å². The summed E-state index contributed by atoms with van der Waals surface area (Å²) in [6, 6.07) is 8.78. The van der Waals surface area contributed by atoms with Gasteiger partial charge in [0, 0.05) is 30.7 Å². The van der Waals surface area contributed by atoms with E-state index in [9.17, 15) is 13.2 Å². The molecule has 1 saturated carbocycles. The molecule has 1 aromatic heterocycles. The minimum atomic E-state index is -3.23. The molecule has 2 aromatic rings. The standard InChI is InChI=1S/C23H30N4O3S/c28-22(21-2-1-13-31(21,29)30)25-19-14-23(15-19)7-10-26(11-8-23)16-18-3-5-20(6-4-18)27-12-9-24-17-27/h3-6,9,12,17,19,21H,1-2,7-8,10-11,13-16H2,(H,25,28). The number of likely N-dealkylation sites (tertiary alicyclic amines) is 1. The van der Waals surface area contributed by atoms with Crippen LogP contribution in [0.1, 0.15) is 44.1 Å². The Morgan fingerprint density at radius 3 is 2.52 bits per heavy atom. The third-order valence-corrected chi connectivity index (χ3v) is 9.56. The van der Waals surface area contributed by atoms with Crippen molar-refractivity contribution < 1.29 is 13.2 Å². The van der Waals surface area contributed by atoms with Crippen LogP contribution in [0, 0.1) is 5.41 Å². The first kappa shape index (κ1) is 20.7. The van der Waals surface area contributed by atoms with Gasteiger partial charge in [-0.3, -0.25) is 9.69 Å². The molecule has 2 saturated heterocycles. The summed E-state index contributed by atoms with van der Waals surface area (Å²) in [5.74, 6) is -0.115. The van der Waals surface area contributed by atoms with Crippen LogP contribution in [0.2, 0.25) is 0 Å². The van der Waals surface area contributed by atoms with Gasteiger partial charge in [0.15, 0.2) is 9.84 Å². The van der Waals surface area contributed by atoms with Gasteiger partial charge in [-0.05, 0) is 74.7 Å². The zero-order valence-corrected chi connectivity index (χ0v) is 18.6. The highest BCUT2D eigenvalue weighted by molar-refractivity contribution is 7.93. The van der Waals surface area contributed by atoms with Crippen molar-refractivity contribution in [1.29, 1.82) is 0 Å². The summed E-state index contributed by atoms with van der Waals surface area (Å²) in [4.78, 5) is 19.0. The van der Waals surface area contributed by atoms with Crippen LogP contribution in [0.25, 0.3) is 5.69 Å². The van der Waals surface area contributed by atoms with E-state index in [1.165, 1.54) is 5.56 Å². The monoisotopic (exact) mass is 442 g/mol. The van der Waals surface area contributed by atoms with Gasteiger partial charge in [-0.25, -0.2) is 13.4 Å². The second kappa shape index (κ2) is 8.06. The highest BCUT2D eigenvalue weighted by Crippen LogP contribution is 2.49. The van der Waals surface area contributed by atoms with E-state index in [1.807, 2.05) is 10.8 Å². The molecule has 1 atom stereocenters. The number of aromatic nitrogens is 2. The van der Waals surface area contributed by atoms with Crippen LogP contribution in [0.5, 0.6) is 0 Å². The molecule has 3 aliphatic rings. The van der Waals surface area contributed by atoms with Crippen LogP contribution in [0.3, 0.4) is 0 Å². The van der Waals surface area contributed by atoms with E-state index < -0.39 is 15.1 Å². The highest BCUT2D eigenvalue weighted by atomic mass is 32.2. The molecule has 8 heteroatoms. The number of carbonyl (C=O) groups excluding carboxylic acids is 1. The maximum absolute atomic E-state index is 12.4. The van der Waals surface area contributed by atoms with Crippen LogP contribution in [-0.4, -0.2) is 58.9 Å². The molecule has 2 aliphatic heterocycles. The van der Waals surface area contributed by atoms with Crippen molar-refractivity contribution in [2.24, 2.45) is 5.41 Å². The maximum atomic E-state index is 12.4. The van der Waals surface area contributed by atoms with Gasteiger partial charge in [-0.1, -0.05) is 12.1 Å². The number of benzene rings is 1. The van der Waals surface area contributed by atoms with Crippen molar-refractivity contribution in [3.8, 4) is 5.69 Å². The Morgan fingerprint density at radius 1 is 1.16 bits per heavy atom. The minimum absolute atomic E-state index is 0.144. The zero-order chi connectivity index (χ0) is 21.5. The molecule has 7 nitrogen and oxygen atoms in total. The number of sulfone groups is 1. The van der Waals surface area contributed by atoms with Crippen molar-refractivity contribution in [3.63, 3.8) is 0 Å². The lowest BCUT2D eigenvalue weighted by Crippen LogP contribution is -2.56. The lowest BCUT2D eigenvalue weighted by molar-refractivity contribution is -0.123. The number of nitrogens with zero attached hydrogens (tertiary/aromatic N) is 3. The summed E-state index contributed by atoms with van der Waals surface area (Å²) in [6.45, 7) is 3.10. The van der Waals surface area contributed by atoms with E-state index in [4.69, 9.17) is 0 Å². The third-order valence-electron chi connectivity index (χ3n) is 7.39. The fourth-order valence-electron chi connectivity index (χ4n) is 5.50. The number of rotatable bonds is 5. The van der Waals surface area contributed by atoms with Gasteiger partial charge in [0.25, 0.3) is 0 Å². The van der Waals surface area contributed by atoms with Gasteiger partial charge in [-0.2, -0.15) is 0 Å². The summed E-state index contributed by atoms with van der Waals surface area (Å²) in [5.41, 5.74) is 2.76. The van der Waals surface area contributed by atoms with Crippen LogP contribution in [0.15, 0.2) is 43.0 Å². The van der Waals surface area contributed by atoms with Gasteiger partial charge < -0.3 is 9.88 Å². The van der Waals surface area contributed by atoms with Gasteiger partial charge in [0.2, 0.25) is 5.91 Å². The fourth-order valence-corrected chi connectivity index (χ4v) is 7.28. The number of hydrogen-bond donors (Lipinski definition) is 1. The number of amides is 1. The van der Waals surface area contributed by atoms with Crippen LogP contribution in [-0.2, 0) is 21.2 Å². The molecule has 1 aromatic carbocycles. The van der Waals surface area contributed by atoms with Crippen LogP contribution >= 0.6 is 0 Å². The van der Waals surface area contributed by atoms with Gasteiger partial charge in [-0.15, -0.1) is 0 Å². The fraction of sp³-hybridized carbons (Fsp3) is 0.565. The molecule has 1 N–H and O–H groups in total. The van der Waals surface area contributed by atoms with Crippen molar-refractivity contribution in [2.45, 2.75) is 56.4 Å². The van der Waals surface area contributed by atoms with E-state index >= 15 is 0 Å². The first-order valence-corrected chi connectivity index (χ1v) is 13.0. The van der Waals surface area contributed by atoms with Crippen molar-refractivity contribution in [2.75, 3.05) is 18.8 Å². The number of imidazole rings is 1. The number of carbonyl (C=O) groups is 1. The molecule has 1 unspecified atom stereocenters. The molecule has 1 aliphatic carbocycles. The lowest BCUT2D eigenvalue weighted by atomic mass is 9.60. The lowest BCUT2D eigenvalue weighted by Gasteiger charge is -2.52. The molecule has 0 bridgehead atoms. The van der Waals surface area contributed by atoms with E-state index in [-0.39, 0.29) is 17.7 Å². The molecule has 1 amide bonds. The molecule has 5 rings (SSSR count). The first-order chi connectivity index (χ1) is 14.9. The Kier molecular flexibility index (Phi) is 5.38. The summed E-state index contributed by atoms with van der Waals surface area (Å²) in [6.07, 6.45) is 10.9. The van der Waals surface area contributed by atoms with Crippen molar-refractivity contribution in [1.82, 2.24) is 19.8 Å². The number of piperidine rings is 1. The Labute approximate surface area is 183 Å². The number of nitrogens with one attached hydrogen (secondary N) is 1.